The summed E-state index contributed by atoms with van der Waals surface area (Å²) in [5, 5.41) is 6.00. The van der Waals surface area contributed by atoms with Crippen molar-refractivity contribution < 1.29 is 9.53 Å². The minimum absolute atomic E-state index is 0.254. The van der Waals surface area contributed by atoms with E-state index in [0.717, 1.165) is 4.47 Å². The summed E-state index contributed by atoms with van der Waals surface area (Å²) >= 11 is 9.33. The molecule has 7 heteroatoms. The molecule has 0 fully saturated rings. The van der Waals surface area contributed by atoms with Crippen LogP contribution in [0.2, 0.25) is 5.15 Å². The predicted molar refractivity (Wildman–Crippen MR) is 86.6 cm³/mol. The molecule has 2 aromatic rings. The number of methoxy groups -OCH3 is 1. The molecule has 2 rings (SSSR count). The maximum absolute atomic E-state index is 11.9. The van der Waals surface area contributed by atoms with E-state index in [4.69, 9.17) is 16.3 Å². The van der Waals surface area contributed by atoms with Gasteiger partial charge in [0.15, 0.2) is 5.75 Å². The summed E-state index contributed by atoms with van der Waals surface area (Å²) in [6.07, 6.45) is 1.42. The molecular weight excluding hydrogens is 358 g/mol. The van der Waals surface area contributed by atoms with Gasteiger partial charge in [-0.1, -0.05) is 17.7 Å². The van der Waals surface area contributed by atoms with Crippen molar-refractivity contribution >= 4 is 44.8 Å². The third kappa shape index (κ3) is 3.46. The van der Waals surface area contributed by atoms with Crippen LogP contribution in [-0.2, 0) is 0 Å². The lowest BCUT2D eigenvalue weighted by Gasteiger charge is -2.15. The van der Waals surface area contributed by atoms with E-state index in [1.54, 1.807) is 20.2 Å². The average molecular weight is 371 g/mol. The van der Waals surface area contributed by atoms with Gasteiger partial charge in [0.25, 0.3) is 5.91 Å². The lowest BCUT2D eigenvalue weighted by Crippen LogP contribution is -2.19. The number of para-hydroxylation sites is 1. The van der Waals surface area contributed by atoms with Gasteiger partial charge >= 0.3 is 0 Å². The molecule has 1 amide bonds. The molecule has 2 N–H and O–H groups in total. The third-order valence-electron chi connectivity index (χ3n) is 2.78. The predicted octanol–water partition coefficient (Wildman–Crippen LogP) is 3.61. The van der Waals surface area contributed by atoms with Crippen LogP contribution in [-0.4, -0.2) is 25.0 Å². The van der Waals surface area contributed by atoms with E-state index in [1.165, 1.54) is 6.20 Å². The molecule has 0 unspecified atom stereocenters. The number of carbonyl (C=O) groups excluding carboxylic acids is 1. The molecule has 5 nitrogen and oxygen atoms in total. The smallest absolute Gasteiger partial charge is 0.254 e. The summed E-state index contributed by atoms with van der Waals surface area (Å²) in [6.45, 7) is 0. The summed E-state index contributed by atoms with van der Waals surface area (Å²) in [6, 6.07) is 7.15. The van der Waals surface area contributed by atoms with Gasteiger partial charge in [0.1, 0.15) is 5.15 Å². The number of amides is 1. The van der Waals surface area contributed by atoms with Crippen molar-refractivity contribution in [1.29, 1.82) is 0 Å². The first kappa shape index (κ1) is 15.6. The highest BCUT2D eigenvalue weighted by atomic mass is 79.9. The van der Waals surface area contributed by atoms with Crippen LogP contribution in [0, 0.1) is 0 Å². The van der Waals surface area contributed by atoms with Crippen molar-refractivity contribution in [2.24, 2.45) is 0 Å². The normalized spacial score (nSPS) is 10.1. The van der Waals surface area contributed by atoms with Gasteiger partial charge in [0.05, 0.1) is 28.5 Å². The lowest BCUT2D eigenvalue weighted by molar-refractivity contribution is 0.0963. The summed E-state index contributed by atoms with van der Waals surface area (Å²) in [7, 11) is 3.13. The van der Waals surface area contributed by atoms with E-state index < -0.39 is 0 Å². The Kier molecular flexibility index (Phi) is 5.03. The van der Waals surface area contributed by atoms with Gasteiger partial charge in [-0.3, -0.25) is 4.79 Å². The van der Waals surface area contributed by atoms with E-state index in [2.05, 4.69) is 31.5 Å². The Morgan fingerprint density at radius 1 is 1.38 bits per heavy atom. The summed E-state index contributed by atoms with van der Waals surface area (Å²) in [5.74, 6) is 0.379. The summed E-state index contributed by atoms with van der Waals surface area (Å²) < 4.78 is 6.15. The first-order chi connectivity index (χ1) is 10.1. The zero-order chi connectivity index (χ0) is 15.4. The van der Waals surface area contributed by atoms with Crippen LogP contribution < -0.4 is 15.4 Å². The monoisotopic (exact) mass is 369 g/mol. The highest BCUT2D eigenvalue weighted by Gasteiger charge is 2.14. The summed E-state index contributed by atoms with van der Waals surface area (Å²) in [5.41, 5.74) is 1.65. The molecule has 0 aliphatic rings. The Balaban J connectivity index is 2.46. The second kappa shape index (κ2) is 6.78. The first-order valence-electron chi connectivity index (χ1n) is 6.04. The molecule has 1 aromatic carbocycles. The SMILES string of the molecule is CNC(=O)c1cnc(Cl)cc1Nc1cccc(Br)c1OC. The molecule has 0 atom stereocenters. The lowest BCUT2D eigenvalue weighted by atomic mass is 10.2. The van der Waals surface area contributed by atoms with Gasteiger partial charge in [0.2, 0.25) is 0 Å². The minimum Gasteiger partial charge on any atom is -0.493 e. The van der Waals surface area contributed by atoms with Gasteiger partial charge in [-0.2, -0.15) is 0 Å². The molecule has 0 radical (unpaired) electrons. The molecule has 0 saturated carbocycles. The number of ether oxygens (including phenoxy) is 1. The van der Waals surface area contributed by atoms with Gasteiger partial charge in [-0.05, 0) is 34.1 Å². The molecule has 0 aliphatic carbocycles. The maximum atomic E-state index is 11.9. The Morgan fingerprint density at radius 3 is 2.81 bits per heavy atom. The van der Waals surface area contributed by atoms with Crippen molar-refractivity contribution in [1.82, 2.24) is 10.3 Å². The molecule has 110 valence electrons. The molecular formula is C14H13BrClN3O2. The van der Waals surface area contributed by atoms with Crippen molar-refractivity contribution in [2.45, 2.75) is 0 Å². The fourth-order valence-electron chi connectivity index (χ4n) is 1.81. The number of halogens is 2. The molecule has 1 heterocycles. The van der Waals surface area contributed by atoms with E-state index in [-0.39, 0.29) is 5.91 Å². The standard InChI is InChI=1S/C14H13BrClN3O2/c1-17-14(20)8-7-18-12(16)6-11(8)19-10-5-3-4-9(15)13(10)21-2/h3-7H,1-2H3,(H,17,20)(H,18,19). The van der Waals surface area contributed by atoms with Gasteiger partial charge in [-0.15, -0.1) is 0 Å². The van der Waals surface area contributed by atoms with Crippen LogP contribution in [0.1, 0.15) is 10.4 Å². The fourth-order valence-corrected chi connectivity index (χ4v) is 2.49. The van der Waals surface area contributed by atoms with E-state index in [1.807, 2.05) is 18.2 Å². The highest BCUT2D eigenvalue weighted by molar-refractivity contribution is 9.10. The Hall–Kier alpha value is -1.79. The van der Waals surface area contributed by atoms with Crippen LogP contribution in [0.3, 0.4) is 0 Å². The molecule has 1 aromatic heterocycles. The van der Waals surface area contributed by atoms with Crippen LogP contribution in [0.5, 0.6) is 5.75 Å². The number of nitrogens with one attached hydrogen (secondary N) is 2. The third-order valence-corrected chi connectivity index (χ3v) is 3.61. The summed E-state index contributed by atoms with van der Waals surface area (Å²) in [4.78, 5) is 15.8. The molecule has 0 spiro atoms. The number of benzene rings is 1. The highest BCUT2D eigenvalue weighted by Crippen LogP contribution is 2.35. The van der Waals surface area contributed by atoms with E-state index in [9.17, 15) is 4.79 Å². The number of nitrogens with zero attached hydrogens (tertiary/aromatic N) is 1. The zero-order valence-electron chi connectivity index (χ0n) is 11.4. The second-order valence-corrected chi connectivity index (χ2v) is 5.32. The van der Waals surface area contributed by atoms with E-state index in [0.29, 0.717) is 27.8 Å². The fraction of sp³-hybridized carbons (Fsp3) is 0.143. The first-order valence-corrected chi connectivity index (χ1v) is 7.21. The number of hydrogen-bond donors (Lipinski definition) is 2. The molecule has 0 aliphatic heterocycles. The number of pyridine rings is 1. The second-order valence-electron chi connectivity index (χ2n) is 4.08. The quantitative estimate of drug-likeness (QED) is 0.807. The number of rotatable bonds is 4. The van der Waals surface area contributed by atoms with Crippen molar-refractivity contribution in [2.75, 3.05) is 19.5 Å². The van der Waals surface area contributed by atoms with Crippen LogP contribution >= 0.6 is 27.5 Å². The van der Waals surface area contributed by atoms with Crippen LogP contribution in [0.25, 0.3) is 0 Å². The van der Waals surface area contributed by atoms with Crippen molar-refractivity contribution in [3.05, 3.63) is 45.7 Å². The van der Waals surface area contributed by atoms with Crippen LogP contribution in [0.15, 0.2) is 34.9 Å². The zero-order valence-corrected chi connectivity index (χ0v) is 13.7. The van der Waals surface area contributed by atoms with Gasteiger partial charge in [-0.25, -0.2) is 4.98 Å². The Labute approximate surface area is 135 Å². The topological polar surface area (TPSA) is 63.2 Å². The van der Waals surface area contributed by atoms with Gasteiger partial charge in [0, 0.05) is 13.2 Å². The van der Waals surface area contributed by atoms with Crippen molar-refractivity contribution in [3.8, 4) is 5.75 Å². The largest absolute Gasteiger partial charge is 0.493 e. The average Bonchev–Trinajstić information content (AvgIpc) is 2.47. The molecule has 0 bridgehead atoms. The minimum atomic E-state index is -0.254. The Morgan fingerprint density at radius 2 is 2.14 bits per heavy atom. The number of hydrogen-bond acceptors (Lipinski definition) is 4. The molecule has 0 saturated heterocycles. The number of carbonyl (C=O) groups is 1. The van der Waals surface area contributed by atoms with Gasteiger partial charge < -0.3 is 15.4 Å². The van der Waals surface area contributed by atoms with E-state index >= 15 is 0 Å². The number of aromatic nitrogens is 1. The van der Waals surface area contributed by atoms with Crippen LogP contribution in [0.4, 0.5) is 11.4 Å². The number of anilines is 2. The Bertz CT molecular complexity index is 679. The van der Waals surface area contributed by atoms with Crippen molar-refractivity contribution in [3.63, 3.8) is 0 Å². The molecule has 21 heavy (non-hydrogen) atoms. The maximum Gasteiger partial charge on any atom is 0.254 e.